The van der Waals surface area contributed by atoms with E-state index in [4.69, 9.17) is 15.1 Å². The average molecular weight is 417 g/mol. The zero-order chi connectivity index (χ0) is 22.3. The molecule has 4 aromatic rings. The van der Waals surface area contributed by atoms with Gasteiger partial charge in [-0.3, -0.25) is 9.59 Å². The van der Waals surface area contributed by atoms with Crippen molar-refractivity contribution in [3.05, 3.63) is 65.2 Å². The molecule has 8 nitrogen and oxygen atoms in total. The molecule has 0 bridgehead atoms. The molecule has 3 N–H and O–H groups in total. The summed E-state index contributed by atoms with van der Waals surface area (Å²) in [4.78, 5) is 29.5. The van der Waals surface area contributed by atoms with Crippen molar-refractivity contribution in [2.45, 2.75) is 33.7 Å². The number of pyridine rings is 1. The number of primary amides is 1. The highest BCUT2D eigenvalue weighted by atomic mass is 16.3. The fraction of sp³-hybridized carbons (Fsp3) is 0.217. The smallest absolute Gasteiger partial charge is 0.256 e. The van der Waals surface area contributed by atoms with Crippen molar-refractivity contribution in [1.29, 1.82) is 0 Å². The first-order valence-corrected chi connectivity index (χ1v) is 9.91. The Kier molecular flexibility index (Phi) is 5.06. The quantitative estimate of drug-likeness (QED) is 0.504. The van der Waals surface area contributed by atoms with Gasteiger partial charge in [-0.2, -0.15) is 5.10 Å². The minimum atomic E-state index is -0.561. The van der Waals surface area contributed by atoms with E-state index in [0.717, 1.165) is 17.1 Å². The summed E-state index contributed by atoms with van der Waals surface area (Å²) >= 11 is 0. The maximum Gasteiger partial charge on any atom is 0.256 e. The Hall–Kier alpha value is -3.94. The molecular weight excluding hydrogens is 394 g/mol. The minimum absolute atomic E-state index is 0.0654. The van der Waals surface area contributed by atoms with Crippen LogP contribution in [-0.4, -0.2) is 26.6 Å². The molecule has 0 unspecified atom stereocenters. The normalized spacial score (nSPS) is 11.3. The summed E-state index contributed by atoms with van der Waals surface area (Å²) in [5, 5.41) is 7.92. The number of aromatic nitrogens is 3. The Morgan fingerprint density at radius 2 is 1.94 bits per heavy atom. The fourth-order valence-electron chi connectivity index (χ4n) is 3.56. The molecular formula is C23H23N5O3. The van der Waals surface area contributed by atoms with Crippen LogP contribution in [0.3, 0.4) is 0 Å². The second-order valence-electron chi connectivity index (χ2n) is 7.70. The van der Waals surface area contributed by atoms with E-state index in [0.29, 0.717) is 33.5 Å². The second kappa shape index (κ2) is 7.71. The number of nitrogens with two attached hydrogens (primary N) is 1. The summed E-state index contributed by atoms with van der Waals surface area (Å²) in [5.41, 5.74) is 8.62. The summed E-state index contributed by atoms with van der Waals surface area (Å²) < 4.78 is 7.45. The predicted molar refractivity (Wildman–Crippen MR) is 118 cm³/mol. The van der Waals surface area contributed by atoms with Crippen LogP contribution in [0, 0.1) is 13.8 Å². The van der Waals surface area contributed by atoms with E-state index in [2.05, 4.69) is 10.4 Å². The van der Waals surface area contributed by atoms with Gasteiger partial charge in [0.05, 0.1) is 22.8 Å². The number of furan rings is 1. The number of carbonyl (C=O) groups is 2. The minimum Gasteiger partial charge on any atom is -0.466 e. The number of hydrogen-bond donors (Lipinski definition) is 2. The molecule has 158 valence electrons. The fourth-order valence-corrected chi connectivity index (χ4v) is 3.56. The number of aryl methyl sites for hydroxylation is 2. The predicted octanol–water partition coefficient (Wildman–Crippen LogP) is 4.24. The van der Waals surface area contributed by atoms with Gasteiger partial charge in [0.2, 0.25) is 5.91 Å². The first kappa shape index (κ1) is 20.3. The lowest BCUT2D eigenvalue weighted by Gasteiger charge is -2.11. The Balaban J connectivity index is 1.84. The summed E-state index contributed by atoms with van der Waals surface area (Å²) in [7, 11) is 0. The van der Waals surface area contributed by atoms with Crippen molar-refractivity contribution in [2.75, 3.05) is 5.32 Å². The molecule has 0 saturated heterocycles. The van der Waals surface area contributed by atoms with Gasteiger partial charge in [-0.15, -0.1) is 0 Å². The lowest BCUT2D eigenvalue weighted by molar-refractivity contribution is 0.0996. The third kappa shape index (κ3) is 3.79. The van der Waals surface area contributed by atoms with Crippen molar-refractivity contribution in [3.8, 4) is 11.3 Å². The van der Waals surface area contributed by atoms with Gasteiger partial charge in [-0.1, -0.05) is 6.07 Å². The van der Waals surface area contributed by atoms with Crippen molar-refractivity contribution in [2.24, 2.45) is 5.73 Å². The summed E-state index contributed by atoms with van der Waals surface area (Å²) in [6.07, 6.45) is 1.65. The van der Waals surface area contributed by atoms with Crippen molar-refractivity contribution in [1.82, 2.24) is 14.8 Å². The van der Waals surface area contributed by atoms with E-state index < -0.39 is 5.91 Å². The maximum absolute atomic E-state index is 13.2. The molecule has 1 aromatic carbocycles. The molecule has 0 radical (unpaired) electrons. The average Bonchev–Trinajstić information content (AvgIpc) is 3.29. The van der Waals surface area contributed by atoms with Gasteiger partial charge in [0, 0.05) is 22.9 Å². The highest BCUT2D eigenvalue weighted by Crippen LogP contribution is 2.30. The lowest BCUT2D eigenvalue weighted by Crippen LogP contribution is -2.15. The standard InChI is InChI=1S/C23H23N5O3/c1-12(2)28-22-19(11-25-28)18(10-20(27-22)17-8-13(3)31-14(17)4)23(30)26-16-7-5-6-15(9-16)21(24)29/h5-12H,1-4H3,(H2,24,29)(H,26,30). The summed E-state index contributed by atoms with van der Waals surface area (Å²) in [5.74, 6) is 0.589. The van der Waals surface area contributed by atoms with Crippen LogP contribution >= 0.6 is 0 Å². The van der Waals surface area contributed by atoms with E-state index in [1.807, 2.05) is 33.8 Å². The molecule has 8 heteroatoms. The summed E-state index contributed by atoms with van der Waals surface area (Å²) in [6, 6.07) is 10.2. The summed E-state index contributed by atoms with van der Waals surface area (Å²) in [6.45, 7) is 7.74. The zero-order valence-corrected chi connectivity index (χ0v) is 17.8. The lowest BCUT2D eigenvalue weighted by atomic mass is 10.1. The van der Waals surface area contributed by atoms with Gasteiger partial charge in [-0.25, -0.2) is 9.67 Å². The highest BCUT2D eigenvalue weighted by molar-refractivity contribution is 6.13. The van der Waals surface area contributed by atoms with Gasteiger partial charge in [0.1, 0.15) is 11.5 Å². The Morgan fingerprint density at radius 1 is 1.16 bits per heavy atom. The highest BCUT2D eigenvalue weighted by Gasteiger charge is 2.20. The van der Waals surface area contributed by atoms with Crippen molar-refractivity contribution >= 4 is 28.5 Å². The number of carbonyl (C=O) groups excluding carboxylic acids is 2. The number of hydrogen-bond acceptors (Lipinski definition) is 5. The van der Waals surface area contributed by atoms with Crippen LogP contribution < -0.4 is 11.1 Å². The molecule has 0 saturated carbocycles. The van der Waals surface area contributed by atoms with Crippen molar-refractivity contribution in [3.63, 3.8) is 0 Å². The maximum atomic E-state index is 13.2. The molecule has 0 aliphatic carbocycles. The van der Waals surface area contributed by atoms with Crippen LogP contribution in [0.2, 0.25) is 0 Å². The van der Waals surface area contributed by atoms with E-state index in [-0.39, 0.29) is 11.9 Å². The van der Waals surface area contributed by atoms with Gasteiger partial charge < -0.3 is 15.5 Å². The molecule has 0 fully saturated rings. The van der Waals surface area contributed by atoms with Crippen LogP contribution in [0.5, 0.6) is 0 Å². The zero-order valence-electron chi connectivity index (χ0n) is 17.8. The second-order valence-corrected chi connectivity index (χ2v) is 7.70. The first-order chi connectivity index (χ1) is 14.7. The third-order valence-electron chi connectivity index (χ3n) is 5.02. The Bertz CT molecular complexity index is 1320. The van der Waals surface area contributed by atoms with E-state index >= 15 is 0 Å². The number of rotatable bonds is 5. The van der Waals surface area contributed by atoms with Crippen LogP contribution in [0.25, 0.3) is 22.3 Å². The Labute approximate surface area is 179 Å². The third-order valence-corrected chi connectivity index (χ3v) is 5.02. The number of nitrogens with one attached hydrogen (secondary N) is 1. The largest absolute Gasteiger partial charge is 0.466 e. The monoisotopic (exact) mass is 417 g/mol. The van der Waals surface area contributed by atoms with E-state index in [1.54, 1.807) is 41.2 Å². The molecule has 3 aromatic heterocycles. The van der Waals surface area contributed by atoms with Crippen LogP contribution in [-0.2, 0) is 0 Å². The number of nitrogens with zero attached hydrogens (tertiary/aromatic N) is 3. The first-order valence-electron chi connectivity index (χ1n) is 9.91. The van der Waals surface area contributed by atoms with Gasteiger partial charge >= 0.3 is 0 Å². The van der Waals surface area contributed by atoms with Crippen molar-refractivity contribution < 1.29 is 14.0 Å². The SMILES string of the molecule is Cc1cc(-c2cc(C(=O)Nc3cccc(C(N)=O)c3)c3cnn(C(C)C)c3n2)c(C)o1. The number of benzene rings is 1. The van der Waals surface area contributed by atoms with Crippen LogP contribution in [0.4, 0.5) is 5.69 Å². The van der Waals surface area contributed by atoms with Gasteiger partial charge in [-0.05, 0) is 58.0 Å². The van der Waals surface area contributed by atoms with Gasteiger partial charge in [0.25, 0.3) is 5.91 Å². The number of anilines is 1. The number of fused-ring (bicyclic) bond motifs is 1. The molecule has 0 spiro atoms. The molecule has 3 heterocycles. The molecule has 0 aliphatic rings. The molecule has 0 aliphatic heterocycles. The molecule has 0 atom stereocenters. The molecule has 31 heavy (non-hydrogen) atoms. The van der Waals surface area contributed by atoms with Crippen LogP contribution in [0.1, 0.15) is 52.1 Å². The van der Waals surface area contributed by atoms with E-state index in [9.17, 15) is 9.59 Å². The topological polar surface area (TPSA) is 116 Å². The molecule has 4 rings (SSSR count). The van der Waals surface area contributed by atoms with E-state index in [1.165, 1.54) is 0 Å². The number of amides is 2. The molecule has 2 amide bonds. The van der Waals surface area contributed by atoms with Crippen LogP contribution in [0.15, 0.2) is 47.0 Å². The van der Waals surface area contributed by atoms with Gasteiger partial charge in [0.15, 0.2) is 5.65 Å². The Morgan fingerprint density at radius 3 is 2.58 bits per heavy atom.